The molecule has 0 aliphatic carbocycles. The first kappa shape index (κ1) is 17.2. The highest BCUT2D eigenvalue weighted by Gasteiger charge is 2.24. The lowest BCUT2D eigenvalue weighted by molar-refractivity contribution is -0.111. The number of rotatable bonds is 7. The van der Waals surface area contributed by atoms with Crippen LogP contribution in [0.1, 0.15) is 13.3 Å². The molecule has 2 aromatic carbocycles. The number of hydrogen-bond acceptors (Lipinski definition) is 4. The molecule has 122 valence electrons. The average molecular weight is 331 g/mol. The Morgan fingerprint density at radius 2 is 1.35 bits per heavy atom. The fraction of sp³-hybridized carbons (Fsp3) is 0.278. The number of methoxy groups -OCH3 is 2. The van der Waals surface area contributed by atoms with Gasteiger partial charge in [-0.15, -0.1) is 12.6 Å². The van der Waals surface area contributed by atoms with Crippen molar-refractivity contribution in [1.82, 2.24) is 0 Å². The summed E-state index contributed by atoms with van der Waals surface area (Å²) in [4.78, 5) is 14.0. The molecule has 0 saturated carbocycles. The number of carbonyl (C=O) groups is 1. The summed E-state index contributed by atoms with van der Waals surface area (Å²) in [5.74, 6) is 1.54. The largest absolute Gasteiger partial charge is 0.497 e. The van der Waals surface area contributed by atoms with E-state index in [2.05, 4.69) is 12.6 Å². The SMILES string of the molecule is CC[C@@H](C(=O)S)N(c1ccc(OC)cc1)c1ccc(OC)cc1. The molecule has 5 heteroatoms. The third kappa shape index (κ3) is 3.99. The third-order valence-corrected chi connectivity index (χ3v) is 3.98. The first-order valence-corrected chi connectivity index (χ1v) is 7.85. The van der Waals surface area contributed by atoms with Crippen LogP contribution in [-0.4, -0.2) is 25.4 Å². The van der Waals surface area contributed by atoms with E-state index >= 15 is 0 Å². The standard InChI is InChI=1S/C18H21NO3S/c1-4-17(18(20)23)19(13-5-9-15(21-2)10-6-13)14-7-11-16(22-3)12-8-14/h5-12,17H,4H2,1-3H3,(H,20,23)/t17-/m0/s1. The van der Waals surface area contributed by atoms with Crippen molar-refractivity contribution in [2.24, 2.45) is 0 Å². The highest BCUT2D eigenvalue weighted by atomic mass is 32.1. The molecule has 2 rings (SSSR count). The summed E-state index contributed by atoms with van der Waals surface area (Å²) in [5, 5.41) is -0.167. The number of thiol groups is 1. The molecule has 0 N–H and O–H groups in total. The van der Waals surface area contributed by atoms with E-state index in [-0.39, 0.29) is 11.2 Å². The molecule has 0 saturated heterocycles. The van der Waals surface area contributed by atoms with E-state index in [9.17, 15) is 4.79 Å². The predicted octanol–water partition coefficient (Wildman–Crippen LogP) is 4.08. The quantitative estimate of drug-likeness (QED) is 0.776. The number of hydrogen-bond donors (Lipinski definition) is 1. The second-order valence-electron chi connectivity index (χ2n) is 5.03. The lowest BCUT2D eigenvalue weighted by atomic mass is 10.1. The fourth-order valence-electron chi connectivity index (χ4n) is 2.46. The van der Waals surface area contributed by atoms with Crippen LogP contribution in [0.5, 0.6) is 11.5 Å². The van der Waals surface area contributed by atoms with E-state index in [4.69, 9.17) is 9.47 Å². The second-order valence-corrected chi connectivity index (χ2v) is 5.47. The van der Waals surface area contributed by atoms with Crippen LogP contribution in [0.3, 0.4) is 0 Å². The van der Waals surface area contributed by atoms with E-state index in [0.29, 0.717) is 6.42 Å². The summed E-state index contributed by atoms with van der Waals surface area (Å²) in [6.07, 6.45) is 0.653. The number of carbonyl (C=O) groups excluding carboxylic acids is 1. The lowest BCUT2D eigenvalue weighted by Gasteiger charge is -2.31. The van der Waals surface area contributed by atoms with Gasteiger partial charge in [-0.2, -0.15) is 0 Å². The Labute approximate surface area is 142 Å². The lowest BCUT2D eigenvalue weighted by Crippen LogP contribution is -2.35. The van der Waals surface area contributed by atoms with E-state index in [1.54, 1.807) is 14.2 Å². The molecule has 23 heavy (non-hydrogen) atoms. The molecule has 0 heterocycles. The zero-order valence-electron chi connectivity index (χ0n) is 13.5. The van der Waals surface area contributed by atoms with Gasteiger partial charge in [-0.1, -0.05) is 6.92 Å². The van der Waals surface area contributed by atoms with Crippen LogP contribution in [0.4, 0.5) is 11.4 Å². The van der Waals surface area contributed by atoms with Crippen LogP contribution >= 0.6 is 12.6 Å². The Kier molecular flexibility index (Phi) is 5.93. The molecule has 0 bridgehead atoms. The molecule has 0 spiro atoms. The molecule has 4 nitrogen and oxygen atoms in total. The zero-order chi connectivity index (χ0) is 16.8. The average Bonchev–Trinajstić information content (AvgIpc) is 2.59. The van der Waals surface area contributed by atoms with Gasteiger partial charge in [0.05, 0.1) is 14.2 Å². The monoisotopic (exact) mass is 331 g/mol. The summed E-state index contributed by atoms with van der Waals surface area (Å²) >= 11 is 4.06. The summed E-state index contributed by atoms with van der Waals surface area (Å²) in [6, 6.07) is 14.9. The Hall–Kier alpha value is -2.14. The van der Waals surface area contributed by atoms with Gasteiger partial charge in [-0.05, 0) is 55.0 Å². The molecular weight excluding hydrogens is 310 g/mol. The van der Waals surface area contributed by atoms with Crippen molar-refractivity contribution in [3.8, 4) is 11.5 Å². The van der Waals surface area contributed by atoms with Gasteiger partial charge < -0.3 is 14.4 Å². The highest BCUT2D eigenvalue weighted by Crippen LogP contribution is 2.32. The molecule has 0 aliphatic heterocycles. The van der Waals surface area contributed by atoms with Crippen molar-refractivity contribution < 1.29 is 14.3 Å². The van der Waals surface area contributed by atoms with Crippen molar-refractivity contribution in [2.75, 3.05) is 19.1 Å². The van der Waals surface area contributed by atoms with Crippen LogP contribution < -0.4 is 14.4 Å². The summed E-state index contributed by atoms with van der Waals surface area (Å²) in [7, 11) is 3.25. The van der Waals surface area contributed by atoms with Gasteiger partial charge in [-0.25, -0.2) is 0 Å². The topological polar surface area (TPSA) is 38.8 Å². The van der Waals surface area contributed by atoms with E-state index in [1.165, 1.54) is 0 Å². The van der Waals surface area contributed by atoms with Crippen molar-refractivity contribution in [3.05, 3.63) is 48.5 Å². The molecule has 0 aromatic heterocycles. The fourth-order valence-corrected chi connectivity index (χ4v) is 2.76. The minimum absolute atomic E-state index is 0.167. The summed E-state index contributed by atoms with van der Waals surface area (Å²) in [6.45, 7) is 1.97. The van der Waals surface area contributed by atoms with Gasteiger partial charge in [-0.3, -0.25) is 4.79 Å². The van der Waals surface area contributed by atoms with Crippen LogP contribution in [0.15, 0.2) is 48.5 Å². The first-order valence-electron chi connectivity index (χ1n) is 7.40. The van der Waals surface area contributed by atoms with Gasteiger partial charge in [0.25, 0.3) is 0 Å². The number of anilines is 2. The molecule has 0 fully saturated rings. The summed E-state index contributed by atoms with van der Waals surface area (Å²) in [5.41, 5.74) is 1.82. The van der Waals surface area contributed by atoms with Crippen molar-refractivity contribution in [1.29, 1.82) is 0 Å². The van der Waals surface area contributed by atoms with Crippen LogP contribution in [-0.2, 0) is 4.79 Å². The minimum atomic E-state index is -0.347. The highest BCUT2D eigenvalue weighted by molar-refractivity contribution is 7.96. The van der Waals surface area contributed by atoms with E-state index < -0.39 is 0 Å². The van der Waals surface area contributed by atoms with Crippen molar-refractivity contribution >= 4 is 29.1 Å². The molecule has 1 atom stereocenters. The van der Waals surface area contributed by atoms with Crippen LogP contribution in [0.2, 0.25) is 0 Å². The first-order chi connectivity index (χ1) is 11.1. The van der Waals surface area contributed by atoms with Crippen LogP contribution in [0, 0.1) is 0 Å². The smallest absolute Gasteiger partial charge is 0.208 e. The predicted molar refractivity (Wildman–Crippen MR) is 96.2 cm³/mol. The molecule has 0 radical (unpaired) electrons. The van der Waals surface area contributed by atoms with E-state index in [1.807, 2.05) is 60.4 Å². The van der Waals surface area contributed by atoms with Gasteiger partial charge in [0.1, 0.15) is 17.5 Å². The van der Waals surface area contributed by atoms with Crippen molar-refractivity contribution in [2.45, 2.75) is 19.4 Å². The Morgan fingerprint density at radius 1 is 0.957 bits per heavy atom. The number of nitrogens with zero attached hydrogens (tertiary/aromatic N) is 1. The molecular formula is C18H21NO3S. The van der Waals surface area contributed by atoms with Gasteiger partial charge in [0.2, 0.25) is 5.12 Å². The Bertz CT molecular complexity index is 593. The maximum Gasteiger partial charge on any atom is 0.208 e. The van der Waals surface area contributed by atoms with Gasteiger partial charge in [0.15, 0.2) is 0 Å². The van der Waals surface area contributed by atoms with Crippen molar-refractivity contribution in [3.63, 3.8) is 0 Å². The maximum atomic E-state index is 12.0. The maximum absolute atomic E-state index is 12.0. The van der Waals surface area contributed by atoms with E-state index in [0.717, 1.165) is 22.9 Å². The summed E-state index contributed by atoms with van der Waals surface area (Å²) < 4.78 is 10.4. The van der Waals surface area contributed by atoms with Crippen LogP contribution in [0.25, 0.3) is 0 Å². The van der Waals surface area contributed by atoms with Gasteiger partial charge >= 0.3 is 0 Å². The zero-order valence-corrected chi connectivity index (χ0v) is 14.4. The molecule has 0 amide bonds. The number of ether oxygens (including phenoxy) is 2. The minimum Gasteiger partial charge on any atom is -0.497 e. The molecule has 2 aromatic rings. The second kappa shape index (κ2) is 7.92. The number of benzene rings is 2. The Balaban J connectivity index is 2.46. The third-order valence-electron chi connectivity index (χ3n) is 3.68. The normalized spacial score (nSPS) is 11.7. The molecule has 0 aliphatic rings. The molecule has 0 unspecified atom stereocenters. The Morgan fingerprint density at radius 3 is 1.61 bits per heavy atom. The van der Waals surface area contributed by atoms with Gasteiger partial charge in [0, 0.05) is 11.4 Å².